The average Bonchev–Trinajstić information content (AvgIpc) is 3.34. The molecule has 4 aliphatic rings. The van der Waals surface area contributed by atoms with Crippen LogP contribution in [0, 0.1) is 34.9 Å². The van der Waals surface area contributed by atoms with E-state index < -0.39 is 5.82 Å². The number of benzene rings is 1. The molecular formula is C24H21FN6O. The van der Waals surface area contributed by atoms with Gasteiger partial charge in [0.1, 0.15) is 5.82 Å². The number of hydrazone groups is 1. The summed E-state index contributed by atoms with van der Waals surface area (Å²) >= 11 is 0. The molecule has 3 aromatic rings. The lowest BCUT2D eigenvalue weighted by atomic mass is 9.34. The van der Waals surface area contributed by atoms with Gasteiger partial charge >= 0.3 is 0 Å². The van der Waals surface area contributed by atoms with E-state index in [-0.39, 0.29) is 22.8 Å². The first-order valence-corrected chi connectivity index (χ1v) is 10.8. The molecule has 1 atom stereocenters. The second-order valence-electron chi connectivity index (χ2n) is 9.53. The molecule has 2 bridgehead atoms. The predicted molar refractivity (Wildman–Crippen MR) is 115 cm³/mol. The summed E-state index contributed by atoms with van der Waals surface area (Å²) < 4.78 is 15.7. The highest BCUT2D eigenvalue weighted by molar-refractivity contribution is 5.88. The van der Waals surface area contributed by atoms with Gasteiger partial charge in [0.05, 0.1) is 40.5 Å². The van der Waals surface area contributed by atoms with Gasteiger partial charge in [-0.05, 0) is 61.4 Å². The van der Waals surface area contributed by atoms with Crippen molar-refractivity contribution in [1.82, 2.24) is 19.8 Å². The van der Waals surface area contributed by atoms with Gasteiger partial charge in [-0.2, -0.15) is 15.5 Å². The van der Waals surface area contributed by atoms with E-state index in [0.717, 1.165) is 48.6 Å². The number of carbonyl (C=O) groups is 1. The van der Waals surface area contributed by atoms with Crippen LogP contribution in [-0.4, -0.2) is 31.9 Å². The number of aromatic nitrogens is 3. The standard InChI is InChI=1S/C24H21FN6O/c1-15-19-6-16(8-26)2-3-21(19)30(29-15)14-23-11-24(12-23,13-23)22(32)31-20(4-5-28-31)17-7-18(25)10-27-9-17/h2-3,5-7,9-10,20H,4,11-14H2,1H3. The van der Waals surface area contributed by atoms with Crippen molar-refractivity contribution in [1.29, 1.82) is 5.26 Å². The molecule has 0 N–H and O–H groups in total. The van der Waals surface area contributed by atoms with Gasteiger partial charge in [-0.3, -0.25) is 14.5 Å². The van der Waals surface area contributed by atoms with Gasteiger partial charge in [0, 0.05) is 30.8 Å². The van der Waals surface area contributed by atoms with E-state index in [2.05, 4.69) is 16.2 Å². The van der Waals surface area contributed by atoms with E-state index in [9.17, 15) is 9.18 Å². The Balaban J connectivity index is 1.19. The van der Waals surface area contributed by atoms with E-state index in [1.165, 1.54) is 11.1 Å². The topological polar surface area (TPSA) is 87.2 Å². The van der Waals surface area contributed by atoms with E-state index in [4.69, 9.17) is 10.4 Å². The molecule has 8 heteroatoms. The van der Waals surface area contributed by atoms with E-state index in [1.54, 1.807) is 12.4 Å². The molecule has 1 unspecified atom stereocenters. The third-order valence-corrected chi connectivity index (χ3v) is 7.29. The van der Waals surface area contributed by atoms with Crippen molar-refractivity contribution in [3.05, 3.63) is 59.3 Å². The minimum Gasteiger partial charge on any atom is -0.272 e. The van der Waals surface area contributed by atoms with Gasteiger partial charge in [0.2, 0.25) is 5.91 Å². The SMILES string of the molecule is Cc1nn(CC23CC(C(=O)N4N=CCC4c4cncc(F)c4)(C2)C3)c2ccc(C#N)cc12. The van der Waals surface area contributed by atoms with E-state index in [1.807, 2.05) is 29.8 Å². The molecule has 0 saturated heterocycles. The van der Waals surface area contributed by atoms with Crippen molar-refractivity contribution < 1.29 is 9.18 Å². The Labute approximate surface area is 184 Å². The zero-order valence-electron chi connectivity index (χ0n) is 17.6. The average molecular weight is 428 g/mol. The molecule has 3 fully saturated rings. The molecule has 0 radical (unpaired) electrons. The Bertz CT molecular complexity index is 1330. The predicted octanol–water partition coefficient (Wildman–Crippen LogP) is 3.88. The highest BCUT2D eigenvalue weighted by atomic mass is 19.1. The molecule has 7 nitrogen and oxygen atoms in total. The number of aryl methyl sites for hydroxylation is 1. The molecule has 3 aliphatic carbocycles. The highest BCUT2D eigenvalue weighted by Gasteiger charge is 2.72. The molecular weight excluding hydrogens is 407 g/mol. The number of halogens is 1. The first-order chi connectivity index (χ1) is 15.4. The normalized spacial score (nSPS) is 27.8. The molecule has 1 aromatic carbocycles. The number of pyridine rings is 1. The van der Waals surface area contributed by atoms with Crippen LogP contribution in [0.15, 0.2) is 41.8 Å². The monoisotopic (exact) mass is 428 g/mol. The zero-order valence-corrected chi connectivity index (χ0v) is 17.6. The second-order valence-corrected chi connectivity index (χ2v) is 9.53. The largest absolute Gasteiger partial charge is 0.272 e. The fourth-order valence-electron chi connectivity index (χ4n) is 5.98. The summed E-state index contributed by atoms with van der Waals surface area (Å²) in [6, 6.07) is 8.98. The number of nitrogens with zero attached hydrogens (tertiary/aromatic N) is 6. The number of carbonyl (C=O) groups excluding carboxylic acids is 1. The van der Waals surface area contributed by atoms with Crippen LogP contribution in [0.1, 0.15) is 48.5 Å². The molecule has 0 spiro atoms. The molecule has 1 amide bonds. The van der Waals surface area contributed by atoms with Crippen LogP contribution >= 0.6 is 0 Å². The third kappa shape index (κ3) is 2.63. The van der Waals surface area contributed by atoms with Crippen LogP contribution in [0.2, 0.25) is 0 Å². The summed E-state index contributed by atoms with van der Waals surface area (Å²) in [4.78, 5) is 17.3. The van der Waals surface area contributed by atoms with Gasteiger partial charge in [0.25, 0.3) is 0 Å². The fourth-order valence-corrected chi connectivity index (χ4v) is 5.98. The van der Waals surface area contributed by atoms with Gasteiger partial charge in [-0.15, -0.1) is 0 Å². The number of rotatable bonds is 4. The Hall–Kier alpha value is -3.60. The number of fused-ring (bicyclic) bond motifs is 1. The van der Waals surface area contributed by atoms with Crippen LogP contribution in [0.25, 0.3) is 10.9 Å². The lowest BCUT2D eigenvalue weighted by molar-refractivity contribution is -0.223. The summed E-state index contributed by atoms with van der Waals surface area (Å²) in [6.45, 7) is 2.72. The summed E-state index contributed by atoms with van der Waals surface area (Å²) in [7, 11) is 0. The summed E-state index contributed by atoms with van der Waals surface area (Å²) in [5, 5.41) is 20.7. The summed E-state index contributed by atoms with van der Waals surface area (Å²) in [5.74, 6) is -0.377. The quantitative estimate of drug-likeness (QED) is 0.631. The summed E-state index contributed by atoms with van der Waals surface area (Å²) in [6.07, 6.45) is 7.51. The van der Waals surface area contributed by atoms with Gasteiger partial charge in [0.15, 0.2) is 0 Å². The van der Waals surface area contributed by atoms with Crippen molar-refractivity contribution in [2.75, 3.05) is 0 Å². The lowest BCUT2D eigenvalue weighted by Gasteiger charge is -2.69. The van der Waals surface area contributed by atoms with Crippen molar-refractivity contribution >= 4 is 23.0 Å². The van der Waals surface area contributed by atoms with E-state index in [0.29, 0.717) is 17.5 Å². The van der Waals surface area contributed by atoms with Crippen LogP contribution in [0.5, 0.6) is 0 Å². The Kier molecular flexibility index (Phi) is 3.85. The lowest BCUT2D eigenvalue weighted by Crippen LogP contribution is -2.68. The Morgan fingerprint density at radius 1 is 1.28 bits per heavy atom. The number of hydrogen-bond donors (Lipinski definition) is 0. The second kappa shape index (κ2) is 6.45. The first kappa shape index (κ1) is 19.1. The maximum Gasteiger partial charge on any atom is 0.249 e. The Morgan fingerprint density at radius 2 is 2.09 bits per heavy atom. The van der Waals surface area contributed by atoms with Crippen LogP contribution < -0.4 is 0 Å². The molecule has 1 aliphatic heterocycles. The molecule has 2 aromatic heterocycles. The fraction of sp³-hybridized carbons (Fsp3) is 0.375. The first-order valence-electron chi connectivity index (χ1n) is 10.8. The molecule has 160 valence electrons. The van der Waals surface area contributed by atoms with Gasteiger partial charge < -0.3 is 0 Å². The van der Waals surface area contributed by atoms with Crippen molar-refractivity contribution in [3.8, 4) is 6.07 Å². The minimum atomic E-state index is -0.407. The van der Waals surface area contributed by atoms with Crippen molar-refractivity contribution in [3.63, 3.8) is 0 Å². The smallest absolute Gasteiger partial charge is 0.249 e. The molecule has 7 rings (SSSR count). The summed E-state index contributed by atoms with van der Waals surface area (Å²) in [5.41, 5.74) is 2.94. The zero-order chi connectivity index (χ0) is 22.1. The Morgan fingerprint density at radius 3 is 2.84 bits per heavy atom. The minimum absolute atomic E-state index is 0.0301. The van der Waals surface area contributed by atoms with Crippen molar-refractivity contribution in [2.24, 2.45) is 15.9 Å². The highest BCUT2D eigenvalue weighted by Crippen LogP contribution is 2.74. The molecule has 3 heterocycles. The maximum atomic E-state index is 13.6. The van der Waals surface area contributed by atoms with E-state index >= 15 is 0 Å². The number of hydrogen-bond acceptors (Lipinski definition) is 5. The van der Waals surface area contributed by atoms with Crippen LogP contribution in [-0.2, 0) is 11.3 Å². The van der Waals surface area contributed by atoms with Gasteiger partial charge in [-0.25, -0.2) is 9.40 Å². The molecule has 3 saturated carbocycles. The number of amides is 1. The van der Waals surface area contributed by atoms with Gasteiger partial charge in [-0.1, -0.05) is 0 Å². The van der Waals surface area contributed by atoms with Crippen LogP contribution in [0.3, 0.4) is 0 Å². The maximum absolute atomic E-state index is 13.6. The molecule has 32 heavy (non-hydrogen) atoms. The third-order valence-electron chi connectivity index (χ3n) is 7.29. The number of nitriles is 1. The van der Waals surface area contributed by atoms with Crippen molar-refractivity contribution in [2.45, 2.75) is 45.2 Å². The van der Waals surface area contributed by atoms with Crippen LogP contribution in [0.4, 0.5) is 4.39 Å².